The molecule has 6 heterocycles. The van der Waals surface area contributed by atoms with Gasteiger partial charge in [-0.25, -0.2) is 14.5 Å². The van der Waals surface area contributed by atoms with E-state index in [0.717, 1.165) is 48.4 Å². The second kappa shape index (κ2) is 8.03. The first-order chi connectivity index (χ1) is 16.6. The van der Waals surface area contributed by atoms with Crippen molar-refractivity contribution in [2.45, 2.75) is 25.7 Å². The molecule has 6 rings (SSSR count). The Kier molecular flexibility index (Phi) is 4.84. The minimum absolute atomic E-state index is 0.302. The fraction of sp³-hybridized carbons (Fsp3) is 0.304. The van der Waals surface area contributed by atoms with Gasteiger partial charge in [0.1, 0.15) is 11.4 Å². The van der Waals surface area contributed by atoms with Crippen molar-refractivity contribution in [3.8, 4) is 5.82 Å². The van der Waals surface area contributed by atoms with Gasteiger partial charge < -0.3 is 10.6 Å². The van der Waals surface area contributed by atoms with Gasteiger partial charge in [-0.3, -0.25) is 9.48 Å². The highest BCUT2D eigenvalue weighted by molar-refractivity contribution is 6.07. The molecule has 11 nitrogen and oxygen atoms in total. The van der Waals surface area contributed by atoms with Crippen molar-refractivity contribution in [2.24, 2.45) is 7.05 Å². The van der Waals surface area contributed by atoms with Crippen LogP contribution in [0.1, 0.15) is 40.5 Å². The van der Waals surface area contributed by atoms with Crippen molar-refractivity contribution in [2.75, 3.05) is 18.4 Å². The quantitative estimate of drug-likeness (QED) is 0.425. The SMILES string of the molecule is Cc1nn(C)c2nc(-n3nc(C4CCNCC4)cc3NC(=O)c3cnn4cccnc34)ccc12. The number of nitrogens with one attached hydrogen (secondary N) is 2. The first-order valence-electron chi connectivity index (χ1n) is 11.3. The smallest absolute Gasteiger partial charge is 0.262 e. The van der Waals surface area contributed by atoms with Gasteiger partial charge in [-0.1, -0.05) is 0 Å². The molecule has 0 spiro atoms. The highest BCUT2D eigenvalue weighted by Gasteiger charge is 2.23. The van der Waals surface area contributed by atoms with Crippen molar-refractivity contribution in [1.82, 2.24) is 44.5 Å². The molecular formula is C23H24N10O. The first-order valence-corrected chi connectivity index (χ1v) is 11.3. The van der Waals surface area contributed by atoms with Crippen molar-refractivity contribution in [3.05, 3.63) is 59.8 Å². The molecular weight excluding hydrogens is 432 g/mol. The number of piperidine rings is 1. The largest absolute Gasteiger partial charge is 0.317 e. The molecule has 172 valence electrons. The second-order valence-electron chi connectivity index (χ2n) is 8.54. The Morgan fingerprint density at radius 2 is 2.03 bits per heavy atom. The summed E-state index contributed by atoms with van der Waals surface area (Å²) in [6.07, 6.45) is 6.91. The van der Waals surface area contributed by atoms with Crippen molar-refractivity contribution in [1.29, 1.82) is 0 Å². The summed E-state index contributed by atoms with van der Waals surface area (Å²) in [7, 11) is 1.87. The van der Waals surface area contributed by atoms with Crippen LogP contribution in [0.4, 0.5) is 5.82 Å². The number of aromatic nitrogens is 8. The summed E-state index contributed by atoms with van der Waals surface area (Å²) in [5.41, 5.74) is 3.51. The van der Waals surface area contributed by atoms with Crippen LogP contribution in [-0.2, 0) is 7.05 Å². The van der Waals surface area contributed by atoms with Crippen LogP contribution in [-0.4, -0.2) is 58.1 Å². The summed E-state index contributed by atoms with van der Waals surface area (Å²) in [5, 5.41) is 21.0. The lowest BCUT2D eigenvalue weighted by Gasteiger charge is -2.20. The average molecular weight is 457 g/mol. The minimum atomic E-state index is -0.302. The van der Waals surface area contributed by atoms with E-state index >= 15 is 0 Å². The molecule has 0 atom stereocenters. The molecule has 1 saturated heterocycles. The molecule has 1 aliphatic heterocycles. The van der Waals surface area contributed by atoms with Crippen LogP contribution in [0.3, 0.4) is 0 Å². The lowest BCUT2D eigenvalue weighted by Crippen LogP contribution is -2.26. The van der Waals surface area contributed by atoms with E-state index < -0.39 is 0 Å². The van der Waals surface area contributed by atoms with E-state index in [0.29, 0.717) is 28.8 Å². The molecule has 1 aliphatic rings. The Bertz CT molecular complexity index is 1520. The van der Waals surface area contributed by atoms with Gasteiger partial charge in [-0.2, -0.15) is 20.0 Å². The highest BCUT2D eigenvalue weighted by atomic mass is 16.1. The summed E-state index contributed by atoms with van der Waals surface area (Å²) < 4.78 is 5.04. The number of pyridine rings is 1. The molecule has 0 saturated carbocycles. The average Bonchev–Trinajstić information content (AvgIpc) is 3.55. The Morgan fingerprint density at radius 3 is 2.88 bits per heavy atom. The summed E-state index contributed by atoms with van der Waals surface area (Å²) in [6, 6.07) is 7.62. The normalized spacial score (nSPS) is 14.8. The minimum Gasteiger partial charge on any atom is -0.317 e. The van der Waals surface area contributed by atoms with Crippen LogP contribution < -0.4 is 10.6 Å². The number of carbonyl (C=O) groups excluding carboxylic acids is 1. The lowest BCUT2D eigenvalue weighted by atomic mass is 9.95. The number of hydrogen-bond acceptors (Lipinski definition) is 7. The number of hydrogen-bond donors (Lipinski definition) is 2. The van der Waals surface area contributed by atoms with Gasteiger partial charge in [-0.05, 0) is 51.1 Å². The number of fused-ring (bicyclic) bond motifs is 2. The molecule has 0 unspecified atom stereocenters. The Balaban J connectivity index is 1.42. The number of anilines is 1. The predicted molar refractivity (Wildman–Crippen MR) is 126 cm³/mol. The molecule has 1 amide bonds. The standard InChI is InChI=1S/C23H24N10O/c1-14-16-4-5-19(27-22(16)31(2)29-14)33-20(12-18(30-33)15-6-9-24-10-7-15)28-23(34)17-13-26-32-11-3-8-25-21(17)32/h3-5,8,11-13,15,24H,6-7,9-10H2,1-2H3,(H,28,34). The van der Waals surface area contributed by atoms with Gasteiger partial charge in [0.15, 0.2) is 17.1 Å². The van der Waals surface area contributed by atoms with Crippen molar-refractivity contribution >= 4 is 28.4 Å². The molecule has 0 bridgehead atoms. The molecule has 0 aromatic carbocycles. The fourth-order valence-corrected chi connectivity index (χ4v) is 4.56. The topological polar surface area (TPSA) is 120 Å². The van der Waals surface area contributed by atoms with E-state index in [1.165, 1.54) is 6.20 Å². The zero-order valence-electron chi connectivity index (χ0n) is 18.9. The highest BCUT2D eigenvalue weighted by Crippen LogP contribution is 2.29. The van der Waals surface area contributed by atoms with Crippen molar-refractivity contribution in [3.63, 3.8) is 0 Å². The van der Waals surface area contributed by atoms with E-state index in [1.807, 2.05) is 32.2 Å². The van der Waals surface area contributed by atoms with E-state index in [4.69, 9.17) is 10.1 Å². The monoisotopic (exact) mass is 456 g/mol. The Morgan fingerprint density at radius 1 is 1.18 bits per heavy atom. The second-order valence-corrected chi connectivity index (χ2v) is 8.54. The molecule has 5 aromatic heterocycles. The van der Waals surface area contributed by atoms with E-state index in [-0.39, 0.29) is 5.91 Å². The van der Waals surface area contributed by atoms with E-state index in [1.54, 1.807) is 32.3 Å². The number of nitrogens with zero attached hydrogens (tertiary/aromatic N) is 8. The maximum atomic E-state index is 13.2. The van der Waals surface area contributed by atoms with Crippen LogP contribution >= 0.6 is 0 Å². The zero-order valence-corrected chi connectivity index (χ0v) is 18.9. The number of carbonyl (C=O) groups is 1. The maximum absolute atomic E-state index is 13.2. The van der Waals surface area contributed by atoms with Gasteiger partial charge in [-0.15, -0.1) is 0 Å². The number of amides is 1. The maximum Gasteiger partial charge on any atom is 0.262 e. The van der Waals surface area contributed by atoms with Crippen LogP contribution in [0, 0.1) is 6.92 Å². The van der Waals surface area contributed by atoms with Crippen LogP contribution in [0.2, 0.25) is 0 Å². The van der Waals surface area contributed by atoms with Crippen molar-refractivity contribution < 1.29 is 4.79 Å². The fourth-order valence-electron chi connectivity index (χ4n) is 4.56. The molecule has 34 heavy (non-hydrogen) atoms. The van der Waals surface area contributed by atoms with Crippen LogP contribution in [0.5, 0.6) is 0 Å². The lowest BCUT2D eigenvalue weighted by molar-refractivity contribution is 0.102. The molecule has 1 fully saturated rings. The van der Waals surface area contributed by atoms with Gasteiger partial charge in [0.05, 0.1) is 17.6 Å². The van der Waals surface area contributed by atoms with E-state index in [9.17, 15) is 4.79 Å². The summed E-state index contributed by atoms with van der Waals surface area (Å²) >= 11 is 0. The third-order valence-electron chi connectivity index (χ3n) is 6.32. The molecule has 11 heteroatoms. The third kappa shape index (κ3) is 3.41. The molecule has 2 N–H and O–H groups in total. The third-order valence-corrected chi connectivity index (χ3v) is 6.32. The van der Waals surface area contributed by atoms with Gasteiger partial charge in [0.25, 0.3) is 5.91 Å². The Hall–Kier alpha value is -4.12. The summed E-state index contributed by atoms with van der Waals surface area (Å²) in [4.78, 5) is 22.3. The van der Waals surface area contributed by atoms with E-state index in [2.05, 4.69) is 25.8 Å². The van der Waals surface area contributed by atoms with Gasteiger partial charge >= 0.3 is 0 Å². The molecule has 0 radical (unpaired) electrons. The summed E-state index contributed by atoms with van der Waals surface area (Å²) in [6.45, 7) is 3.86. The van der Waals surface area contributed by atoms with Gasteiger partial charge in [0, 0.05) is 36.8 Å². The summed E-state index contributed by atoms with van der Waals surface area (Å²) in [5.74, 6) is 1.19. The van der Waals surface area contributed by atoms with Crippen LogP contribution in [0.25, 0.3) is 22.5 Å². The van der Waals surface area contributed by atoms with Gasteiger partial charge in [0.2, 0.25) is 0 Å². The Labute approximate surface area is 194 Å². The number of rotatable bonds is 4. The first kappa shape index (κ1) is 20.5. The number of aryl methyl sites for hydroxylation is 2. The predicted octanol–water partition coefficient (Wildman–Crippen LogP) is 2.22. The zero-order chi connectivity index (χ0) is 23.2. The van der Waals surface area contributed by atoms with Crippen LogP contribution in [0.15, 0.2) is 42.9 Å². The molecule has 5 aromatic rings. The molecule has 0 aliphatic carbocycles.